The van der Waals surface area contributed by atoms with Crippen LogP contribution in [-0.2, 0) is 19.3 Å². The van der Waals surface area contributed by atoms with Crippen molar-refractivity contribution in [2.24, 2.45) is 7.05 Å². The van der Waals surface area contributed by atoms with E-state index in [1.165, 1.54) is 0 Å². The van der Waals surface area contributed by atoms with Crippen LogP contribution < -0.4 is 0 Å². The Morgan fingerprint density at radius 1 is 1.26 bits per heavy atom. The molecule has 0 spiro atoms. The van der Waals surface area contributed by atoms with Crippen LogP contribution in [0, 0.1) is 0 Å². The van der Waals surface area contributed by atoms with Crippen LogP contribution in [0.2, 0.25) is 5.15 Å². The molecule has 3 rings (SSSR count). The quantitative estimate of drug-likeness (QED) is 0.583. The third kappa shape index (κ3) is 3.46. The van der Waals surface area contributed by atoms with E-state index in [0.717, 1.165) is 33.3 Å². The van der Waals surface area contributed by atoms with Gasteiger partial charge < -0.3 is 4.57 Å². The lowest BCUT2D eigenvalue weighted by atomic mass is 10.2. The number of hydrogen-bond acceptors (Lipinski definition) is 4. The fraction of sp³-hybridized carbons (Fsp3) is 0.267. The van der Waals surface area contributed by atoms with Crippen LogP contribution in [0.25, 0.3) is 11.4 Å². The van der Waals surface area contributed by atoms with Gasteiger partial charge in [-0.1, -0.05) is 57.5 Å². The maximum Gasteiger partial charge on any atom is 0.191 e. The molecule has 23 heavy (non-hydrogen) atoms. The van der Waals surface area contributed by atoms with E-state index in [9.17, 15) is 0 Å². The molecule has 120 valence electrons. The van der Waals surface area contributed by atoms with Crippen molar-refractivity contribution in [2.45, 2.75) is 24.4 Å². The van der Waals surface area contributed by atoms with Crippen LogP contribution in [0.15, 0.2) is 40.0 Å². The minimum absolute atomic E-state index is 0.631. The number of aryl methyl sites for hydroxylation is 1. The number of aromatic nitrogens is 5. The highest BCUT2D eigenvalue weighted by Gasteiger charge is 2.15. The lowest BCUT2D eigenvalue weighted by Gasteiger charge is -2.08. The number of halogens is 2. The van der Waals surface area contributed by atoms with Crippen molar-refractivity contribution in [2.75, 3.05) is 0 Å². The minimum atomic E-state index is 0.631. The largest absolute Gasteiger partial charge is 0.302 e. The Morgan fingerprint density at radius 3 is 2.70 bits per heavy atom. The van der Waals surface area contributed by atoms with Gasteiger partial charge in [-0.15, -0.1) is 10.2 Å². The van der Waals surface area contributed by atoms with Gasteiger partial charge in [-0.3, -0.25) is 4.68 Å². The maximum absolute atomic E-state index is 6.02. The van der Waals surface area contributed by atoms with Crippen LogP contribution in [-0.4, -0.2) is 24.5 Å². The SMILES string of the molecule is CCn1c(SCc2cc(Cl)n(C)n2)nnc1-c1ccccc1Br. The third-order valence-electron chi connectivity index (χ3n) is 3.37. The maximum atomic E-state index is 6.02. The van der Waals surface area contributed by atoms with Gasteiger partial charge in [0.05, 0.1) is 5.69 Å². The van der Waals surface area contributed by atoms with Crippen LogP contribution in [0.5, 0.6) is 0 Å². The van der Waals surface area contributed by atoms with Crippen LogP contribution in [0.3, 0.4) is 0 Å². The van der Waals surface area contributed by atoms with Crippen molar-refractivity contribution in [3.63, 3.8) is 0 Å². The molecule has 0 saturated carbocycles. The number of rotatable bonds is 5. The molecular weight excluding hydrogens is 398 g/mol. The molecule has 0 aliphatic carbocycles. The highest BCUT2D eigenvalue weighted by atomic mass is 79.9. The first-order valence-corrected chi connectivity index (χ1v) is 9.25. The van der Waals surface area contributed by atoms with Crippen molar-refractivity contribution in [3.05, 3.63) is 45.7 Å². The number of thioether (sulfide) groups is 1. The van der Waals surface area contributed by atoms with Gasteiger partial charge in [-0.2, -0.15) is 5.10 Å². The Balaban J connectivity index is 1.85. The van der Waals surface area contributed by atoms with Gasteiger partial charge in [0.15, 0.2) is 11.0 Å². The molecule has 0 aliphatic rings. The van der Waals surface area contributed by atoms with Crippen molar-refractivity contribution >= 4 is 39.3 Å². The van der Waals surface area contributed by atoms with Gasteiger partial charge >= 0.3 is 0 Å². The Kier molecular flexibility index (Phi) is 5.08. The molecule has 0 aliphatic heterocycles. The van der Waals surface area contributed by atoms with Crippen molar-refractivity contribution in [1.82, 2.24) is 24.5 Å². The Hall–Kier alpha value is -1.31. The zero-order valence-corrected chi connectivity index (χ0v) is 15.9. The fourth-order valence-corrected chi connectivity index (χ4v) is 3.75. The second-order valence-corrected chi connectivity index (χ2v) is 7.09. The van der Waals surface area contributed by atoms with Crippen LogP contribution in [0.1, 0.15) is 12.6 Å². The average molecular weight is 413 g/mol. The predicted molar refractivity (Wildman–Crippen MR) is 96.6 cm³/mol. The molecular formula is C15H15BrClN5S. The highest BCUT2D eigenvalue weighted by molar-refractivity contribution is 9.10. The first-order valence-electron chi connectivity index (χ1n) is 7.09. The van der Waals surface area contributed by atoms with Gasteiger partial charge in [-0.25, -0.2) is 0 Å². The zero-order valence-electron chi connectivity index (χ0n) is 12.7. The predicted octanol–water partition coefficient (Wildman–Crippen LogP) is 4.41. The first kappa shape index (κ1) is 16.5. The molecule has 0 amide bonds. The summed E-state index contributed by atoms with van der Waals surface area (Å²) in [6, 6.07) is 9.90. The lowest BCUT2D eigenvalue weighted by Crippen LogP contribution is -2.00. The Morgan fingerprint density at radius 2 is 2.04 bits per heavy atom. The topological polar surface area (TPSA) is 48.5 Å². The molecule has 0 saturated heterocycles. The van der Waals surface area contributed by atoms with E-state index in [-0.39, 0.29) is 0 Å². The molecule has 3 aromatic rings. The molecule has 0 N–H and O–H groups in total. The van der Waals surface area contributed by atoms with E-state index in [2.05, 4.69) is 42.7 Å². The van der Waals surface area contributed by atoms with E-state index >= 15 is 0 Å². The summed E-state index contributed by atoms with van der Waals surface area (Å²) in [5.41, 5.74) is 1.96. The number of nitrogens with zero attached hydrogens (tertiary/aromatic N) is 5. The highest BCUT2D eigenvalue weighted by Crippen LogP contribution is 2.30. The summed E-state index contributed by atoms with van der Waals surface area (Å²) in [6.07, 6.45) is 0. The van der Waals surface area contributed by atoms with E-state index in [1.807, 2.05) is 37.4 Å². The molecule has 0 radical (unpaired) electrons. The lowest BCUT2D eigenvalue weighted by molar-refractivity contribution is 0.686. The van der Waals surface area contributed by atoms with Gasteiger partial charge in [-0.05, 0) is 19.1 Å². The summed E-state index contributed by atoms with van der Waals surface area (Å²) in [7, 11) is 1.83. The van der Waals surface area contributed by atoms with Crippen LogP contribution in [0.4, 0.5) is 0 Å². The molecule has 0 bridgehead atoms. The fourth-order valence-electron chi connectivity index (χ4n) is 2.23. The van der Waals surface area contributed by atoms with Gasteiger partial charge in [0.2, 0.25) is 0 Å². The average Bonchev–Trinajstić information content (AvgIpc) is 3.09. The standard InChI is InChI=1S/C15H15BrClN5S/c1-3-22-14(11-6-4-5-7-12(11)16)18-19-15(22)23-9-10-8-13(17)21(2)20-10/h4-8H,3,9H2,1-2H3. The molecule has 0 atom stereocenters. The Bertz CT molecular complexity index is 810. The number of benzene rings is 1. The molecule has 1 aromatic carbocycles. The molecule has 5 nitrogen and oxygen atoms in total. The van der Waals surface area contributed by atoms with Crippen molar-refractivity contribution in [1.29, 1.82) is 0 Å². The summed E-state index contributed by atoms with van der Waals surface area (Å²) in [4.78, 5) is 0. The van der Waals surface area contributed by atoms with Gasteiger partial charge in [0.25, 0.3) is 0 Å². The minimum Gasteiger partial charge on any atom is -0.302 e. The van der Waals surface area contributed by atoms with E-state index in [4.69, 9.17) is 11.6 Å². The summed E-state index contributed by atoms with van der Waals surface area (Å²) in [5, 5.41) is 14.6. The molecule has 0 unspecified atom stereocenters. The second kappa shape index (κ2) is 7.07. The van der Waals surface area contributed by atoms with Crippen LogP contribution >= 0.6 is 39.3 Å². The summed E-state index contributed by atoms with van der Waals surface area (Å²) >= 11 is 11.2. The van der Waals surface area contributed by atoms with Gasteiger partial charge in [0.1, 0.15) is 5.15 Å². The first-order chi connectivity index (χ1) is 11.1. The smallest absolute Gasteiger partial charge is 0.191 e. The van der Waals surface area contributed by atoms with E-state index in [0.29, 0.717) is 10.9 Å². The summed E-state index contributed by atoms with van der Waals surface area (Å²) < 4.78 is 4.78. The van der Waals surface area contributed by atoms with Crippen molar-refractivity contribution in [3.8, 4) is 11.4 Å². The van der Waals surface area contributed by atoms with Crippen molar-refractivity contribution < 1.29 is 0 Å². The van der Waals surface area contributed by atoms with E-state index in [1.54, 1.807) is 16.4 Å². The summed E-state index contributed by atoms with van der Waals surface area (Å²) in [5.74, 6) is 1.57. The van der Waals surface area contributed by atoms with Gasteiger partial charge in [0, 0.05) is 29.4 Å². The number of hydrogen-bond donors (Lipinski definition) is 0. The zero-order chi connectivity index (χ0) is 16.4. The molecule has 2 heterocycles. The molecule has 8 heteroatoms. The second-order valence-electron chi connectivity index (χ2n) is 4.90. The monoisotopic (exact) mass is 411 g/mol. The third-order valence-corrected chi connectivity index (χ3v) is 5.42. The molecule has 2 aromatic heterocycles. The van der Waals surface area contributed by atoms with E-state index < -0.39 is 0 Å². The molecule has 0 fully saturated rings. The normalized spacial score (nSPS) is 11.1. The Labute approximate surface area is 152 Å². The summed E-state index contributed by atoms with van der Waals surface area (Å²) in [6.45, 7) is 2.89.